The first-order chi connectivity index (χ1) is 8.78. The van der Waals surface area contributed by atoms with Gasteiger partial charge in [-0.1, -0.05) is 36.7 Å². The van der Waals surface area contributed by atoms with Gasteiger partial charge in [0.2, 0.25) is 0 Å². The second kappa shape index (κ2) is 6.41. The van der Waals surface area contributed by atoms with Crippen LogP contribution in [-0.4, -0.2) is 9.97 Å². The van der Waals surface area contributed by atoms with Crippen molar-refractivity contribution in [3.05, 3.63) is 58.6 Å². The molecule has 2 rings (SSSR count). The van der Waals surface area contributed by atoms with E-state index in [4.69, 9.17) is 11.6 Å². The summed E-state index contributed by atoms with van der Waals surface area (Å²) in [7, 11) is 0. The number of aryl methyl sites for hydroxylation is 2. The maximum atomic E-state index is 5.84. The molecule has 1 aromatic carbocycles. The molecule has 1 aromatic heterocycles. The summed E-state index contributed by atoms with van der Waals surface area (Å²) in [5.74, 6) is 1.03. The summed E-state index contributed by atoms with van der Waals surface area (Å²) in [5, 5.41) is 0.791. The molecule has 2 aromatic rings. The molecule has 0 aliphatic rings. The van der Waals surface area contributed by atoms with Gasteiger partial charge in [-0.2, -0.15) is 0 Å². The van der Waals surface area contributed by atoms with Crippen LogP contribution in [0.4, 0.5) is 0 Å². The number of aromatic nitrogens is 2. The third-order valence-electron chi connectivity index (χ3n) is 2.79. The monoisotopic (exact) mass is 260 g/mol. The van der Waals surface area contributed by atoms with Crippen molar-refractivity contribution < 1.29 is 0 Å². The third-order valence-corrected chi connectivity index (χ3v) is 3.05. The van der Waals surface area contributed by atoms with Crippen molar-refractivity contribution in [2.45, 2.75) is 26.2 Å². The molecule has 0 fully saturated rings. The first kappa shape index (κ1) is 12.9. The Morgan fingerprint density at radius 3 is 2.72 bits per heavy atom. The average molecular weight is 261 g/mol. The summed E-state index contributed by atoms with van der Waals surface area (Å²) in [6, 6.07) is 8.01. The van der Waals surface area contributed by atoms with E-state index in [0.717, 1.165) is 35.8 Å². The predicted molar refractivity (Wildman–Crippen MR) is 76.8 cm³/mol. The Morgan fingerprint density at radius 1 is 1.28 bits per heavy atom. The van der Waals surface area contributed by atoms with E-state index in [1.54, 1.807) is 0 Å². The van der Waals surface area contributed by atoms with E-state index in [9.17, 15) is 0 Å². The van der Waals surface area contributed by atoms with Gasteiger partial charge in [0.1, 0.15) is 5.82 Å². The summed E-state index contributed by atoms with van der Waals surface area (Å²) in [6.45, 7) is 2.09. The van der Waals surface area contributed by atoms with Crippen LogP contribution in [-0.2, 0) is 12.8 Å². The lowest BCUT2D eigenvalue weighted by atomic mass is 10.1. The molecule has 0 spiro atoms. The molecule has 0 saturated heterocycles. The SMILES string of the molecule is CCc1ncc(/C=C/CCc2ccc(Cl)cc2)[nH]1. The van der Waals surface area contributed by atoms with Gasteiger partial charge in [0.15, 0.2) is 0 Å². The van der Waals surface area contributed by atoms with Gasteiger partial charge in [0, 0.05) is 11.4 Å². The Morgan fingerprint density at radius 2 is 2.06 bits per heavy atom. The normalized spacial score (nSPS) is 11.2. The summed E-state index contributed by atoms with van der Waals surface area (Å²) in [6.07, 6.45) is 9.12. The maximum Gasteiger partial charge on any atom is 0.106 e. The van der Waals surface area contributed by atoms with Crippen LogP contribution in [0.1, 0.15) is 30.4 Å². The highest BCUT2D eigenvalue weighted by Gasteiger charge is 1.94. The molecular formula is C15H17ClN2. The maximum absolute atomic E-state index is 5.84. The van der Waals surface area contributed by atoms with Crippen LogP contribution < -0.4 is 0 Å². The number of benzene rings is 1. The van der Waals surface area contributed by atoms with Crippen molar-refractivity contribution in [1.29, 1.82) is 0 Å². The standard InChI is InChI=1S/C15H17ClN2/c1-2-15-17-11-14(18-15)6-4-3-5-12-7-9-13(16)10-8-12/h4,6-11H,2-3,5H2,1H3,(H,17,18)/b6-4+. The van der Waals surface area contributed by atoms with Crippen LogP contribution in [0.25, 0.3) is 6.08 Å². The van der Waals surface area contributed by atoms with E-state index >= 15 is 0 Å². The van der Waals surface area contributed by atoms with Crippen molar-refractivity contribution in [3.63, 3.8) is 0 Å². The first-order valence-corrected chi connectivity index (χ1v) is 6.60. The van der Waals surface area contributed by atoms with Crippen LogP contribution in [0.2, 0.25) is 5.02 Å². The molecule has 2 nitrogen and oxygen atoms in total. The van der Waals surface area contributed by atoms with Gasteiger partial charge in [-0.3, -0.25) is 0 Å². The third kappa shape index (κ3) is 3.74. The number of allylic oxidation sites excluding steroid dienone is 1. The summed E-state index contributed by atoms with van der Waals surface area (Å²) in [5.41, 5.74) is 2.38. The molecule has 0 bridgehead atoms. The Bertz CT molecular complexity index is 512. The van der Waals surface area contributed by atoms with Crippen LogP contribution in [0.15, 0.2) is 36.5 Å². The fourth-order valence-corrected chi connectivity index (χ4v) is 1.88. The van der Waals surface area contributed by atoms with Crippen molar-refractivity contribution in [2.75, 3.05) is 0 Å². The van der Waals surface area contributed by atoms with E-state index in [1.165, 1.54) is 5.56 Å². The Hall–Kier alpha value is -1.54. The number of hydrogen-bond donors (Lipinski definition) is 1. The highest BCUT2D eigenvalue weighted by Crippen LogP contribution is 2.11. The molecular weight excluding hydrogens is 244 g/mol. The molecule has 0 aliphatic carbocycles. The molecule has 1 N–H and O–H groups in total. The zero-order chi connectivity index (χ0) is 12.8. The van der Waals surface area contributed by atoms with E-state index in [1.807, 2.05) is 18.3 Å². The topological polar surface area (TPSA) is 28.7 Å². The molecule has 0 aliphatic heterocycles. The summed E-state index contributed by atoms with van der Waals surface area (Å²) in [4.78, 5) is 7.51. The summed E-state index contributed by atoms with van der Waals surface area (Å²) < 4.78 is 0. The lowest BCUT2D eigenvalue weighted by molar-refractivity contribution is 0.986. The van der Waals surface area contributed by atoms with Gasteiger partial charge >= 0.3 is 0 Å². The van der Waals surface area contributed by atoms with Crippen LogP contribution in [0, 0.1) is 0 Å². The smallest absolute Gasteiger partial charge is 0.106 e. The fourth-order valence-electron chi connectivity index (χ4n) is 1.75. The highest BCUT2D eigenvalue weighted by atomic mass is 35.5. The number of H-pyrrole nitrogens is 1. The fraction of sp³-hybridized carbons (Fsp3) is 0.267. The number of hydrogen-bond acceptors (Lipinski definition) is 1. The van der Waals surface area contributed by atoms with Gasteiger partial charge in [-0.25, -0.2) is 4.98 Å². The van der Waals surface area contributed by atoms with E-state index in [-0.39, 0.29) is 0 Å². The molecule has 0 radical (unpaired) electrons. The van der Waals surface area contributed by atoms with Crippen LogP contribution in [0.5, 0.6) is 0 Å². The van der Waals surface area contributed by atoms with Gasteiger partial charge in [-0.15, -0.1) is 0 Å². The molecule has 0 atom stereocenters. The summed E-state index contributed by atoms with van der Waals surface area (Å²) >= 11 is 5.84. The van der Waals surface area contributed by atoms with Gasteiger partial charge in [0.05, 0.1) is 11.9 Å². The lowest BCUT2D eigenvalue weighted by Crippen LogP contribution is -1.82. The number of rotatable bonds is 5. The number of imidazole rings is 1. The van der Waals surface area contributed by atoms with Gasteiger partial charge < -0.3 is 4.98 Å². The van der Waals surface area contributed by atoms with Crippen molar-refractivity contribution in [1.82, 2.24) is 9.97 Å². The second-order valence-electron chi connectivity index (χ2n) is 4.21. The Kier molecular flexibility index (Phi) is 4.59. The lowest BCUT2D eigenvalue weighted by Gasteiger charge is -1.97. The number of nitrogens with one attached hydrogen (secondary N) is 1. The second-order valence-corrected chi connectivity index (χ2v) is 4.64. The average Bonchev–Trinajstić information content (AvgIpc) is 2.85. The Balaban J connectivity index is 1.82. The minimum absolute atomic E-state index is 0.791. The number of aromatic amines is 1. The molecule has 0 amide bonds. The highest BCUT2D eigenvalue weighted by molar-refractivity contribution is 6.30. The molecule has 94 valence electrons. The number of nitrogens with zero attached hydrogens (tertiary/aromatic N) is 1. The van der Waals surface area contributed by atoms with Gasteiger partial charge in [-0.05, 0) is 36.6 Å². The Labute approximate surface area is 113 Å². The van der Waals surface area contributed by atoms with E-state index in [0.29, 0.717) is 0 Å². The first-order valence-electron chi connectivity index (χ1n) is 6.23. The predicted octanol–water partition coefficient (Wildman–Crippen LogP) is 4.27. The van der Waals surface area contributed by atoms with Crippen LogP contribution >= 0.6 is 11.6 Å². The minimum atomic E-state index is 0.791. The van der Waals surface area contributed by atoms with E-state index in [2.05, 4.69) is 41.2 Å². The largest absolute Gasteiger partial charge is 0.343 e. The molecule has 1 heterocycles. The van der Waals surface area contributed by atoms with Crippen molar-refractivity contribution >= 4 is 17.7 Å². The van der Waals surface area contributed by atoms with Crippen molar-refractivity contribution in [2.24, 2.45) is 0 Å². The zero-order valence-corrected chi connectivity index (χ0v) is 11.2. The molecule has 0 saturated carbocycles. The minimum Gasteiger partial charge on any atom is -0.343 e. The molecule has 3 heteroatoms. The van der Waals surface area contributed by atoms with Gasteiger partial charge in [0.25, 0.3) is 0 Å². The van der Waals surface area contributed by atoms with E-state index < -0.39 is 0 Å². The number of halogens is 1. The zero-order valence-electron chi connectivity index (χ0n) is 10.5. The molecule has 18 heavy (non-hydrogen) atoms. The molecule has 0 unspecified atom stereocenters. The van der Waals surface area contributed by atoms with Crippen LogP contribution in [0.3, 0.4) is 0 Å². The quantitative estimate of drug-likeness (QED) is 0.854. The van der Waals surface area contributed by atoms with Crippen molar-refractivity contribution in [3.8, 4) is 0 Å².